The van der Waals surface area contributed by atoms with Crippen LogP contribution in [0.15, 0.2) is 46.1 Å². The number of methoxy groups -OCH3 is 1. The summed E-state index contributed by atoms with van der Waals surface area (Å²) in [7, 11) is -0.690. The summed E-state index contributed by atoms with van der Waals surface area (Å²) >= 11 is 0. The molecule has 21 heavy (non-hydrogen) atoms. The van der Waals surface area contributed by atoms with Crippen LogP contribution in [-0.2, 0) is 23.2 Å². The Bertz CT molecular complexity index is 694. The molecular weight excluding hydrogens is 294 g/mol. The van der Waals surface area contributed by atoms with Gasteiger partial charge < -0.3 is 14.3 Å². The lowest BCUT2D eigenvalue weighted by Crippen LogP contribution is -2.26. The monoisotopic (exact) mass is 311 g/mol. The van der Waals surface area contributed by atoms with Gasteiger partial charge >= 0.3 is 0 Å². The number of benzene rings is 1. The fraction of sp³-hybridized carbons (Fsp3) is 0.286. The van der Waals surface area contributed by atoms with Crippen LogP contribution in [0.2, 0.25) is 0 Å². The van der Waals surface area contributed by atoms with Gasteiger partial charge in [0.25, 0.3) is 0 Å². The van der Waals surface area contributed by atoms with E-state index in [-0.39, 0.29) is 18.0 Å². The Morgan fingerprint density at radius 3 is 2.67 bits per heavy atom. The van der Waals surface area contributed by atoms with E-state index in [1.807, 2.05) is 0 Å². The molecule has 114 valence electrons. The minimum Gasteiger partial charge on any atom is -0.496 e. The molecule has 0 spiro atoms. The third-order valence-corrected chi connectivity index (χ3v) is 4.92. The fourth-order valence-corrected chi connectivity index (χ4v) is 3.15. The number of aliphatic hydroxyl groups is 1. The molecule has 0 fully saturated rings. The van der Waals surface area contributed by atoms with Crippen molar-refractivity contribution < 1.29 is 22.7 Å². The van der Waals surface area contributed by atoms with Crippen molar-refractivity contribution in [3.63, 3.8) is 0 Å². The van der Waals surface area contributed by atoms with Crippen molar-refractivity contribution in [2.75, 3.05) is 14.2 Å². The largest absolute Gasteiger partial charge is 0.496 e. The average molecular weight is 311 g/mol. The van der Waals surface area contributed by atoms with Gasteiger partial charge in [0.2, 0.25) is 10.0 Å². The first kappa shape index (κ1) is 15.6. The Morgan fingerprint density at radius 2 is 2.10 bits per heavy atom. The van der Waals surface area contributed by atoms with Crippen molar-refractivity contribution >= 4 is 10.0 Å². The van der Waals surface area contributed by atoms with E-state index in [2.05, 4.69) is 0 Å². The van der Waals surface area contributed by atoms with Crippen molar-refractivity contribution in [3.05, 3.63) is 47.9 Å². The first-order valence-electron chi connectivity index (χ1n) is 6.24. The molecule has 0 saturated heterocycles. The second-order valence-electron chi connectivity index (χ2n) is 4.52. The molecule has 1 aromatic heterocycles. The fourth-order valence-electron chi connectivity index (χ4n) is 1.94. The number of furan rings is 1. The van der Waals surface area contributed by atoms with Crippen LogP contribution in [-0.4, -0.2) is 32.0 Å². The predicted octanol–water partition coefficient (Wildman–Crippen LogP) is 1.60. The Labute approximate surface area is 123 Å². The van der Waals surface area contributed by atoms with Crippen LogP contribution in [0.1, 0.15) is 11.1 Å². The highest BCUT2D eigenvalue weighted by atomic mass is 32.2. The van der Waals surface area contributed by atoms with Gasteiger partial charge in [0.1, 0.15) is 5.75 Å². The lowest BCUT2D eigenvalue weighted by Gasteiger charge is -2.17. The van der Waals surface area contributed by atoms with Crippen LogP contribution in [0.4, 0.5) is 0 Å². The van der Waals surface area contributed by atoms with Crippen LogP contribution in [0.3, 0.4) is 0 Å². The third-order valence-electron chi connectivity index (χ3n) is 3.12. The van der Waals surface area contributed by atoms with Gasteiger partial charge in [0.05, 0.1) is 31.1 Å². The van der Waals surface area contributed by atoms with Crippen LogP contribution >= 0.6 is 0 Å². The van der Waals surface area contributed by atoms with Gasteiger partial charge in [-0.1, -0.05) is 0 Å². The first-order valence-corrected chi connectivity index (χ1v) is 7.68. The minimum atomic E-state index is -3.65. The molecule has 0 atom stereocenters. The highest BCUT2D eigenvalue weighted by Crippen LogP contribution is 2.24. The number of nitrogens with zero attached hydrogens (tertiary/aromatic N) is 1. The van der Waals surface area contributed by atoms with Gasteiger partial charge in [-0.25, -0.2) is 8.42 Å². The number of rotatable bonds is 6. The first-order chi connectivity index (χ1) is 9.98. The zero-order valence-electron chi connectivity index (χ0n) is 11.8. The second kappa shape index (κ2) is 6.30. The van der Waals surface area contributed by atoms with E-state index < -0.39 is 10.0 Å². The van der Waals surface area contributed by atoms with E-state index >= 15 is 0 Å². The van der Waals surface area contributed by atoms with Gasteiger partial charge in [0, 0.05) is 24.7 Å². The Morgan fingerprint density at radius 1 is 1.33 bits per heavy atom. The summed E-state index contributed by atoms with van der Waals surface area (Å²) in [5, 5.41) is 9.28. The third kappa shape index (κ3) is 3.26. The number of hydrogen-bond acceptors (Lipinski definition) is 5. The maximum absolute atomic E-state index is 12.5. The molecule has 1 aromatic carbocycles. The van der Waals surface area contributed by atoms with Crippen LogP contribution in [0, 0.1) is 0 Å². The van der Waals surface area contributed by atoms with Gasteiger partial charge in [0.15, 0.2) is 0 Å². The molecular formula is C14H17NO5S. The summed E-state index contributed by atoms with van der Waals surface area (Å²) in [5.74, 6) is 0.453. The quantitative estimate of drug-likeness (QED) is 0.876. The summed E-state index contributed by atoms with van der Waals surface area (Å²) in [5.41, 5.74) is 1.19. The van der Waals surface area contributed by atoms with Crippen molar-refractivity contribution in [1.82, 2.24) is 4.31 Å². The van der Waals surface area contributed by atoms with E-state index in [0.717, 1.165) is 5.56 Å². The second-order valence-corrected chi connectivity index (χ2v) is 6.57. The zero-order chi connectivity index (χ0) is 15.5. The molecule has 0 amide bonds. The molecule has 1 N–H and O–H groups in total. The normalized spacial score (nSPS) is 11.8. The minimum absolute atomic E-state index is 0.110. The topological polar surface area (TPSA) is 80.0 Å². The Balaban J connectivity index is 2.30. The van der Waals surface area contributed by atoms with E-state index in [1.54, 1.807) is 6.07 Å². The lowest BCUT2D eigenvalue weighted by atomic mass is 10.2. The molecule has 0 aliphatic rings. The molecule has 2 aromatic rings. The molecule has 0 bridgehead atoms. The molecule has 0 radical (unpaired) electrons. The van der Waals surface area contributed by atoms with Crippen LogP contribution in [0.5, 0.6) is 5.75 Å². The number of aliphatic hydroxyl groups excluding tert-OH is 1. The molecule has 0 saturated carbocycles. The Hall–Kier alpha value is -1.83. The van der Waals surface area contributed by atoms with Crippen molar-refractivity contribution in [2.24, 2.45) is 0 Å². The average Bonchev–Trinajstić information content (AvgIpc) is 2.99. The van der Waals surface area contributed by atoms with Crippen molar-refractivity contribution in [1.29, 1.82) is 0 Å². The molecule has 1 heterocycles. The SMILES string of the molecule is COc1ccc(S(=O)(=O)N(C)Cc2ccoc2)cc1CO. The molecule has 6 nitrogen and oxygen atoms in total. The van der Waals surface area contributed by atoms with Gasteiger partial charge in [-0.05, 0) is 24.3 Å². The molecule has 0 unspecified atom stereocenters. The van der Waals surface area contributed by atoms with Gasteiger partial charge in [-0.2, -0.15) is 4.31 Å². The number of ether oxygens (including phenoxy) is 1. The van der Waals surface area contributed by atoms with Gasteiger partial charge in [-0.3, -0.25) is 0 Å². The van der Waals surface area contributed by atoms with E-state index in [1.165, 1.54) is 49.2 Å². The maximum Gasteiger partial charge on any atom is 0.243 e. The summed E-state index contributed by atoms with van der Waals surface area (Å²) in [4.78, 5) is 0.110. The Kier molecular flexibility index (Phi) is 4.66. The van der Waals surface area contributed by atoms with Crippen molar-refractivity contribution in [3.8, 4) is 5.75 Å². The van der Waals surface area contributed by atoms with Crippen molar-refractivity contribution in [2.45, 2.75) is 18.0 Å². The number of hydrogen-bond donors (Lipinski definition) is 1. The molecule has 0 aliphatic heterocycles. The summed E-state index contributed by atoms with van der Waals surface area (Å²) in [6.45, 7) is -0.0860. The summed E-state index contributed by atoms with van der Waals surface area (Å²) < 4.78 is 36.2. The van der Waals surface area contributed by atoms with E-state index in [0.29, 0.717) is 11.3 Å². The molecule has 0 aliphatic carbocycles. The summed E-state index contributed by atoms with van der Waals surface area (Å²) in [6.07, 6.45) is 2.99. The molecule has 2 rings (SSSR count). The maximum atomic E-state index is 12.5. The smallest absolute Gasteiger partial charge is 0.243 e. The predicted molar refractivity (Wildman–Crippen MR) is 76.3 cm³/mol. The summed E-state index contributed by atoms with van der Waals surface area (Å²) in [6, 6.07) is 6.11. The zero-order valence-corrected chi connectivity index (χ0v) is 12.6. The van der Waals surface area contributed by atoms with Crippen LogP contribution in [0.25, 0.3) is 0 Å². The van der Waals surface area contributed by atoms with E-state index in [4.69, 9.17) is 9.15 Å². The number of sulfonamides is 1. The molecule has 7 heteroatoms. The highest BCUT2D eigenvalue weighted by molar-refractivity contribution is 7.89. The van der Waals surface area contributed by atoms with E-state index in [9.17, 15) is 13.5 Å². The highest BCUT2D eigenvalue weighted by Gasteiger charge is 2.22. The lowest BCUT2D eigenvalue weighted by molar-refractivity contribution is 0.273. The standard InChI is InChI=1S/C14H17NO5S/c1-15(8-11-5-6-20-10-11)21(17,18)13-3-4-14(19-2)12(7-13)9-16/h3-7,10,16H,8-9H2,1-2H3. The van der Waals surface area contributed by atoms with Crippen LogP contribution < -0.4 is 4.74 Å². The van der Waals surface area contributed by atoms with Gasteiger partial charge in [-0.15, -0.1) is 0 Å².